The first-order valence-electron chi connectivity index (χ1n) is 9.56. The zero-order valence-electron chi connectivity index (χ0n) is 16.6. The van der Waals surface area contributed by atoms with E-state index in [2.05, 4.69) is 15.5 Å². The van der Waals surface area contributed by atoms with E-state index in [0.717, 1.165) is 16.3 Å². The van der Waals surface area contributed by atoms with E-state index in [-0.39, 0.29) is 11.7 Å². The third-order valence-electron chi connectivity index (χ3n) is 4.26. The maximum Gasteiger partial charge on any atom is 0.234 e. The Morgan fingerprint density at radius 2 is 1.94 bits per heavy atom. The van der Waals surface area contributed by atoms with Crippen molar-refractivity contribution in [3.8, 4) is 22.1 Å². The van der Waals surface area contributed by atoms with E-state index < -0.39 is 0 Å². The minimum absolute atomic E-state index is 0.157. The molecule has 4 rings (SSSR count). The van der Waals surface area contributed by atoms with Gasteiger partial charge in [-0.1, -0.05) is 53.7 Å². The molecule has 158 valence electrons. The van der Waals surface area contributed by atoms with E-state index in [4.69, 9.17) is 16.3 Å². The molecule has 0 unspecified atom stereocenters. The molecule has 2 heterocycles. The molecule has 0 spiro atoms. The maximum absolute atomic E-state index is 12.5. The average molecular weight is 471 g/mol. The van der Waals surface area contributed by atoms with E-state index in [9.17, 15) is 4.79 Å². The summed E-state index contributed by atoms with van der Waals surface area (Å²) in [5.41, 5.74) is 1.41. The lowest BCUT2D eigenvalue weighted by Gasteiger charge is -2.14. The third kappa shape index (κ3) is 4.92. The van der Waals surface area contributed by atoms with Crippen LogP contribution in [0.25, 0.3) is 16.4 Å². The molecule has 0 atom stereocenters. The molecule has 31 heavy (non-hydrogen) atoms. The topological polar surface area (TPSA) is 69.0 Å². The van der Waals surface area contributed by atoms with Crippen molar-refractivity contribution >= 4 is 46.3 Å². The van der Waals surface area contributed by atoms with Crippen LogP contribution in [0.15, 0.2) is 71.2 Å². The van der Waals surface area contributed by atoms with Crippen LogP contribution in [0.3, 0.4) is 0 Å². The number of thioether (sulfide) groups is 1. The SMILES string of the molecule is CCOc1ccccc1-n1c(SCC(=O)Nc2ccccc2Cl)nnc1-c1cccs1. The van der Waals surface area contributed by atoms with Gasteiger partial charge in [-0.2, -0.15) is 0 Å². The molecule has 0 radical (unpaired) electrons. The number of hydrogen-bond donors (Lipinski definition) is 1. The minimum Gasteiger partial charge on any atom is -0.492 e. The van der Waals surface area contributed by atoms with Crippen molar-refractivity contribution < 1.29 is 9.53 Å². The Balaban J connectivity index is 1.63. The molecule has 6 nitrogen and oxygen atoms in total. The number of halogens is 1. The van der Waals surface area contributed by atoms with Crippen molar-refractivity contribution in [1.82, 2.24) is 14.8 Å². The van der Waals surface area contributed by atoms with E-state index in [0.29, 0.717) is 28.3 Å². The van der Waals surface area contributed by atoms with Gasteiger partial charge in [0.15, 0.2) is 11.0 Å². The Morgan fingerprint density at radius 3 is 2.71 bits per heavy atom. The number of rotatable bonds is 8. The van der Waals surface area contributed by atoms with Crippen LogP contribution in [0, 0.1) is 0 Å². The fourth-order valence-electron chi connectivity index (χ4n) is 2.94. The monoisotopic (exact) mass is 470 g/mol. The van der Waals surface area contributed by atoms with Crippen molar-refractivity contribution in [1.29, 1.82) is 0 Å². The first-order chi connectivity index (χ1) is 15.2. The molecule has 0 saturated carbocycles. The zero-order valence-corrected chi connectivity index (χ0v) is 19.0. The number of carbonyl (C=O) groups is 1. The molecule has 1 amide bonds. The molecule has 0 aliphatic rings. The zero-order chi connectivity index (χ0) is 21.6. The highest BCUT2D eigenvalue weighted by molar-refractivity contribution is 7.99. The molecule has 0 aliphatic heterocycles. The number of benzene rings is 2. The Morgan fingerprint density at radius 1 is 1.13 bits per heavy atom. The summed E-state index contributed by atoms with van der Waals surface area (Å²) in [5.74, 6) is 1.41. The molecular weight excluding hydrogens is 452 g/mol. The summed E-state index contributed by atoms with van der Waals surface area (Å²) in [7, 11) is 0. The molecule has 0 aliphatic carbocycles. The highest BCUT2D eigenvalue weighted by Gasteiger charge is 2.20. The lowest BCUT2D eigenvalue weighted by atomic mass is 10.3. The minimum atomic E-state index is -0.177. The van der Waals surface area contributed by atoms with Gasteiger partial charge in [0.1, 0.15) is 5.75 Å². The van der Waals surface area contributed by atoms with Crippen molar-refractivity contribution in [2.24, 2.45) is 0 Å². The van der Waals surface area contributed by atoms with Crippen molar-refractivity contribution in [2.45, 2.75) is 12.1 Å². The largest absolute Gasteiger partial charge is 0.492 e. The van der Waals surface area contributed by atoms with Gasteiger partial charge >= 0.3 is 0 Å². The summed E-state index contributed by atoms with van der Waals surface area (Å²) >= 11 is 9.02. The fourth-order valence-corrected chi connectivity index (χ4v) is 4.57. The molecule has 9 heteroatoms. The summed E-state index contributed by atoms with van der Waals surface area (Å²) in [6, 6.07) is 18.8. The van der Waals surface area contributed by atoms with Crippen molar-refractivity contribution in [2.75, 3.05) is 17.7 Å². The first kappa shape index (κ1) is 21.4. The van der Waals surface area contributed by atoms with Crippen molar-refractivity contribution in [3.05, 3.63) is 71.1 Å². The van der Waals surface area contributed by atoms with Crippen LogP contribution >= 0.6 is 34.7 Å². The molecular formula is C22H19ClN4O2S2. The summed E-state index contributed by atoms with van der Waals surface area (Å²) in [4.78, 5) is 13.5. The van der Waals surface area contributed by atoms with Crippen molar-refractivity contribution in [3.63, 3.8) is 0 Å². The molecule has 4 aromatic rings. The lowest BCUT2D eigenvalue weighted by molar-refractivity contribution is -0.113. The van der Waals surface area contributed by atoms with Gasteiger partial charge in [-0.15, -0.1) is 21.5 Å². The highest BCUT2D eigenvalue weighted by Crippen LogP contribution is 2.34. The predicted molar refractivity (Wildman–Crippen MR) is 127 cm³/mol. The van der Waals surface area contributed by atoms with E-state index >= 15 is 0 Å². The number of aromatic nitrogens is 3. The van der Waals surface area contributed by atoms with Crippen LogP contribution in [-0.2, 0) is 4.79 Å². The highest BCUT2D eigenvalue weighted by atomic mass is 35.5. The average Bonchev–Trinajstić information content (AvgIpc) is 3.44. The number of amides is 1. The smallest absolute Gasteiger partial charge is 0.234 e. The van der Waals surface area contributed by atoms with E-state index in [1.54, 1.807) is 23.5 Å². The van der Waals surface area contributed by atoms with Gasteiger partial charge in [-0.05, 0) is 42.6 Å². The second kappa shape index (κ2) is 10.00. The van der Waals surface area contributed by atoms with Gasteiger partial charge in [-0.3, -0.25) is 9.36 Å². The second-order valence-corrected chi connectivity index (χ2v) is 8.63. The van der Waals surface area contributed by atoms with E-state index in [1.807, 2.05) is 65.4 Å². The number of thiophene rings is 1. The van der Waals surface area contributed by atoms with E-state index in [1.165, 1.54) is 11.8 Å². The lowest BCUT2D eigenvalue weighted by Crippen LogP contribution is -2.15. The standard InChI is InChI=1S/C22H19ClN4O2S2/c1-2-29-18-11-6-5-10-17(18)27-21(19-12-7-13-30-19)25-26-22(27)31-14-20(28)24-16-9-4-3-8-15(16)23/h3-13H,2,14H2,1H3,(H,24,28). The molecule has 2 aromatic carbocycles. The van der Waals surface area contributed by atoms with Crippen LogP contribution in [0.5, 0.6) is 5.75 Å². The summed E-state index contributed by atoms with van der Waals surface area (Å²) in [5, 5.41) is 14.7. The second-order valence-electron chi connectivity index (χ2n) is 6.34. The maximum atomic E-state index is 12.5. The number of hydrogen-bond acceptors (Lipinski definition) is 6. The number of carbonyl (C=O) groups excluding carboxylic acids is 1. The van der Waals surface area contributed by atoms with Gasteiger partial charge in [0.25, 0.3) is 0 Å². The van der Waals surface area contributed by atoms with Crippen LogP contribution < -0.4 is 10.1 Å². The number of nitrogens with zero attached hydrogens (tertiary/aromatic N) is 3. The normalized spacial score (nSPS) is 10.8. The summed E-state index contributed by atoms with van der Waals surface area (Å²) < 4.78 is 7.76. The number of ether oxygens (including phenoxy) is 1. The Hall–Kier alpha value is -2.81. The molecule has 0 saturated heterocycles. The number of anilines is 1. The Kier molecular flexibility index (Phi) is 6.91. The third-order valence-corrected chi connectivity index (χ3v) is 6.39. The Labute approximate surface area is 193 Å². The summed E-state index contributed by atoms with van der Waals surface area (Å²) in [6.45, 7) is 2.48. The fraction of sp³-hybridized carbons (Fsp3) is 0.136. The molecule has 1 N–H and O–H groups in total. The first-order valence-corrected chi connectivity index (χ1v) is 11.8. The Bertz CT molecular complexity index is 1180. The number of nitrogens with one attached hydrogen (secondary N) is 1. The quantitative estimate of drug-likeness (QED) is 0.330. The van der Waals surface area contributed by atoms with Crippen LogP contribution in [0.2, 0.25) is 5.02 Å². The van der Waals surface area contributed by atoms with Gasteiger partial charge in [0.05, 0.1) is 33.6 Å². The van der Waals surface area contributed by atoms with Gasteiger partial charge in [0, 0.05) is 0 Å². The van der Waals surface area contributed by atoms with Crippen LogP contribution in [-0.4, -0.2) is 33.0 Å². The van der Waals surface area contributed by atoms with Gasteiger partial charge in [0.2, 0.25) is 5.91 Å². The van der Waals surface area contributed by atoms with Crippen LogP contribution in [0.1, 0.15) is 6.92 Å². The molecule has 2 aromatic heterocycles. The number of para-hydroxylation sites is 3. The molecule has 0 fully saturated rings. The predicted octanol–water partition coefficient (Wildman–Crippen LogP) is 5.78. The van der Waals surface area contributed by atoms with Crippen LogP contribution in [0.4, 0.5) is 5.69 Å². The van der Waals surface area contributed by atoms with Gasteiger partial charge in [-0.25, -0.2) is 0 Å². The molecule has 0 bridgehead atoms. The summed E-state index contributed by atoms with van der Waals surface area (Å²) in [6.07, 6.45) is 0. The van der Waals surface area contributed by atoms with Gasteiger partial charge < -0.3 is 10.1 Å².